The zero-order valence-corrected chi connectivity index (χ0v) is 10.6. The van der Waals surface area contributed by atoms with Crippen molar-refractivity contribution in [1.82, 2.24) is 10.3 Å². The number of carbonyl (C=O) groups is 2. The summed E-state index contributed by atoms with van der Waals surface area (Å²) < 4.78 is 0. The Labute approximate surface area is 110 Å². The largest absolute Gasteiger partial charge is 0.480 e. The van der Waals surface area contributed by atoms with Crippen LogP contribution >= 0.6 is 0 Å². The van der Waals surface area contributed by atoms with Crippen LogP contribution in [-0.4, -0.2) is 28.0 Å². The first-order chi connectivity index (χ1) is 9.11. The summed E-state index contributed by atoms with van der Waals surface area (Å²) in [6.07, 6.45) is 2.33. The predicted octanol–water partition coefficient (Wildman–Crippen LogP) is 1.69. The molecule has 1 aromatic carbocycles. The van der Waals surface area contributed by atoms with Crippen LogP contribution in [0.4, 0.5) is 0 Å². The lowest BCUT2D eigenvalue weighted by atomic mass is 10.0. The average Bonchev–Trinajstić information content (AvgIpc) is 2.81. The molecule has 0 fully saturated rings. The average molecular weight is 260 g/mol. The van der Waals surface area contributed by atoms with Gasteiger partial charge in [0.1, 0.15) is 6.04 Å². The van der Waals surface area contributed by atoms with Gasteiger partial charge in [0.15, 0.2) is 0 Å². The Morgan fingerprint density at radius 2 is 2.11 bits per heavy atom. The van der Waals surface area contributed by atoms with E-state index in [0.29, 0.717) is 0 Å². The van der Waals surface area contributed by atoms with Crippen molar-refractivity contribution < 1.29 is 14.7 Å². The molecule has 0 bridgehead atoms. The van der Waals surface area contributed by atoms with Gasteiger partial charge >= 0.3 is 5.97 Å². The molecule has 3 N–H and O–H groups in total. The fourth-order valence-electron chi connectivity index (χ4n) is 2.02. The summed E-state index contributed by atoms with van der Waals surface area (Å²) in [4.78, 5) is 25.6. The van der Waals surface area contributed by atoms with Crippen molar-refractivity contribution >= 4 is 22.8 Å². The molecule has 5 nitrogen and oxygen atoms in total. The molecule has 100 valence electrons. The zero-order chi connectivity index (χ0) is 13.8. The molecule has 0 aliphatic carbocycles. The van der Waals surface area contributed by atoms with Crippen molar-refractivity contribution in [3.63, 3.8) is 0 Å². The third-order valence-corrected chi connectivity index (χ3v) is 3.05. The van der Waals surface area contributed by atoms with Gasteiger partial charge in [-0.1, -0.05) is 25.1 Å². The molecular formula is C14H16N2O3. The first kappa shape index (κ1) is 13.1. The predicted molar refractivity (Wildman–Crippen MR) is 71.9 cm³/mol. The maximum absolute atomic E-state index is 11.3. The Hall–Kier alpha value is -2.30. The summed E-state index contributed by atoms with van der Waals surface area (Å²) in [6.45, 7) is 1.69. The number of H-pyrrole nitrogens is 1. The monoisotopic (exact) mass is 260 g/mol. The molecule has 0 unspecified atom stereocenters. The van der Waals surface area contributed by atoms with Crippen molar-refractivity contribution in [3.8, 4) is 0 Å². The van der Waals surface area contributed by atoms with Gasteiger partial charge in [0.05, 0.1) is 0 Å². The Balaban J connectivity index is 2.21. The number of aromatic amines is 1. The number of carbonyl (C=O) groups excluding carboxylic acids is 1. The maximum atomic E-state index is 11.3. The molecule has 1 atom stereocenters. The first-order valence-electron chi connectivity index (χ1n) is 6.19. The van der Waals surface area contributed by atoms with E-state index in [0.717, 1.165) is 16.5 Å². The maximum Gasteiger partial charge on any atom is 0.326 e. The van der Waals surface area contributed by atoms with E-state index in [1.54, 1.807) is 13.1 Å². The molecule has 2 rings (SSSR count). The summed E-state index contributed by atoms with van der Waals surface area (Å²) in [6, 6.07) is 6.78. The van der Waals surface area contributed by atoms with Gasteiger partial charge < -0.3 is 15.4 Å². The van der Waals surface area contributed by atoms with E-state index < -0.39 is 12.0 Å². The third kappa shape index (κ3) is 2.93. The molecule has 1 heterocycles. The van der Waals surface area contributed by atoms with Gasteiger partial charge in [-0.2, -0.15) is 0 Å². The molecule has 0 aliphatic rings. The minimum atomic E-state index is -1.02. The van der Waals surface area contributed by atoms with Crippen LogP contribution in [0.25, 0.3) is 10.9 Å². The fourth-order valence-corrected chi connectivity index (χ4v) is 2.02. The van der Waals surface area contributed by atoms with E-state index in [1.807, 2.05) is 24.3 Å². The van der Waals surface area contributed by atoms with E-state index in [9.17, 15) is 9.59 Å². The highest BCUT2D eigenvalue weighted by atomic mass is 16.4. The van der Waals surface area contributed by atoms with E-state index in [-0.39, 0.29) is 18.7 Å². The van der Waals surface area contributed by atoms with Gasteiger partial charge in [-0.25, -0.2) is 4.79 Å². The van der Waals surface area contributed by atoms with Crippen LogP contribution in [0.1, 0.15) is 18.9 Å². The van der Waals surface area contributed by atoms with Gasteiger partial charge in [0.25, 0.3) is 0 Å². The Kier molecular flexibility index (Phi) is 3.85. The Morgan fingerprint density at radius 3 is 2.79 bits per heavy atom. The van der Waals surface area contributed by atoms with Crippen molar-refractivity contribution in [2.45, 2.75) is 25.8 Å². The lowest BCUT2D eigenvalue weighted by Crippen LogP contribution is -2.41. The highest BCUT2D eigenvalue weighted by Gasteiger charge is 2.21. The summed E-state index contributed by atoms with van der Waals surface area (Å²) in [5.41, 5.74) is 1.85. The lowest BCUT2D eigenvalue weighted by molar-refractivity contribution is -0.141. The van der Waals surface area contributed by atoms with Crippen LogP contribution < -0.4 is 5.32 Å². The molecule has 0 saturated carbocycles. The zero-order valence-electron chi connectivity index (χ0n) is 10.6. The molecule has 19 heavy (non-hydrogen) atoms. The smallest absolute Gasteiger partial charge is 0.326 e. The van der Waals surface area contributed by atoms with E-state index in [1.165, 1.54) is 0 Å². The second-order valence-electron chi connectivity index (χ2n) is 4.38. The number of carboxylic acids is 1. The van der Waals surface area contributed by atoms with Gasteiger partial charge in [-0.05, 0) is 11.6 Å². The summed E-state index contributed by atoms with van der Waals surface area (Å²) in [5, 5.41) is 12.7. The number of aliphatic carboxylic acids is 1. The van der Waals surface area contributed by atoms with Gasteiger partial charge in [-0.3, -0.25) is 4.79 Å². The number of para-hydroxylation sites is 1. The van der Waals surface area contributed by atoms with Crippen molar-refractivity contribution in [2.24, 2.45) is 0 Å². The van der Waals surface area contributed by atoms with E-state index >= 15 is 0 Å². The Bertz CT molecular complexity index is 604. The van der Waals surface area contributed by atoms with Crippen LogP contribution in [0.5, 0.6) is 0 Å². The number of rotatable bonds is 5. The Morgan fingerprint density at radius 1 is 1.37 bits per heavy atom. The molecule has 1 amide bonds. The number of nitrogens with one attached hydrogen (secondary N) is 2. The van der Waals surface area contributed by atoms with Crippen molar-refractivity contribution in [3.05, 3.63) is 36.0 Å². The van der Waals surface area contributed by atoms with Gasteiger partial charge in [0.2, 0.25) is 5.91 Å². The first-order valence-corrected chi connectivity index (χ1v) is 6.19. The number of fused-ring (bicyclic) bond motifs is 1. The number of amides is 1. The molecule has 0 radical (unpaired) electrons. The van der Waals surface area contributed by atoms with Crippen molar-refractivity contribution in [1.29, 1.82) is 0 Å². The number of carboxylic acid groups (broad SMARTS) is 1. The number of hydrogen-bond donors (Lipinski definition) is 3. The lowest BCUT2D eigenvalue weighted by Gasteiger charge is -2.13. The van der Waals surface area contributed by atoms with Gasteiger partial charge in [-0.15, -0.1) is 0 Å². The fraction of sp³-hybridized carbons (Fsp3) is 0.286. The van der Waals surface area contributed by atoms with Crippen LogP contribution in [0.15, 0.2) is 30.5 Å². The summed E-state index contributed by atoms with van der Waals surface area (Å²) >= 11 is 0. The normalized spacial score (nSPS) is 12.3. The van der Waals surface area contributed by atoms with Crippen LogP contribution in [0.2, 0.25) is 0 Å². The molecule has 0 saturated heterocycles. The van der Waals surface area contributed by atoms with E-state index in [2.05, 4.69) is 10.3 Å². The van der Waals surface area contributed by atoms with Crippen LogP contribution in [0.3, 0.4) is 0 Å². The minimum absolute atomic E-state index is 0.257. The van der Waals surface area contributed by atoms with Crippen LogP contribution in [0, 0.1) is 0 Å². The molecule has 5 heteroatoms. The quantitative estimate of drug-likeness (QED) is 0.765. The molecule has 2 aromatic rings. The number of aromatic nitrogens is 1. The third-order valence-electron chi connectivity index (χ3n) is 3.05. The summed E-state index contributed by atoms with van der Waals surface area (Å²) in [5.74, 6) is -1.28. The number of hydrogen-bond acceptors (Lipinski definition) is 2. The van der Waals surface area contributed by atoms with Gasteiger partial charge in [0, 0.05) is 29.9 Å². The SMILES string of the molecule is CCC(=O)N[C@@H](Cc1c[nH]c2ccccc12)C(=O)O. The highest BCUT2D eigenvalue weighted by Crippen LogP contribution is 2.19. The molecule has 1 aromatic heterocycles. The molecule has 0 spiro atoms. The number of benzene rings is 1. The van der Waals surface area contributed by atoms with E-state index in [4.69, 9.17) is 5.11 Å². The minimum Gasteiger partial charge on any atom is -0.480 e. The highest BCUT2D eigenvalue weighted by molar-refractivity contribution is 5.86. The second-order valence-corrected chi connectivity index (χ2v) is 4.38. The molecular weight excluding hydrogens is 244 g/mol. The van der Waals surface area contributed by atoms with Crippen molar-refractivity contribution in [2.75, 3.05) is 0 Å². The standard InChI is InChI=1S/C14H16N2O3/c1-2-13(17)16-12(14(18)19)7-9-8-15-11-6-4-3-5-10(9)11/h3-6,8,12,15H,2,7H2,1H3,(H,16,17)(H,18,19)/t12-/m0/s1. The summed E-state index contributed by atoms with van der Waals surface area (Å²) in [7, 11) is 0. The molecule has 0 aliphatic heterocycles. The van der Waals surface area contributed by atoms with Crippen LogP contribution in [-0.2, 0) is 16.0 Å². The topological polar surface area (TPSA) is 82.2 Å². The second kappa shape index (κ2) is 5.56.